The molecule has 4 nitrogen and oxygen atoms in total. The maximum Gasteiger partial charge on any atom is 0.404 e. The molecule has 0 aromatic heterocycles. The highest BCUT2D eigenvalue weighted by molar-refractivity contribution is 5.64. The van der Waals surface area contributed by atoms with Crippen molar-refractivity contribution in [3.05, 3.63) is 0 Å². The Morgan fingerprint density at radius 2 is 2.00 bits per heavy atom. The first-order valence-corrected chi connectivity index (χ1v) is 5.35. The number of rotatable bonds is 4. The van der Waals surface area contributed by atoms with Gasteiger partial charge in [0.05, 0.1) is 6.10 Å². The van der Waals surface area contributed by atoms with Crippen LogP contribution in [0.2, 0.25) is 0 Å². The highest BCUT2D eigenvalue weighted by Gasteiger charge is 2.21. The van der Waals surface area contributed by atoms with Crippen molar-refractivity contribution in [2.75, 3.05) is 6.54 Å². The van der Waals surface area contributed by atoms with E-state index in [1.165, 1.54) is 19.3 Å². The van der Waals surface area contributed by atoms with Gasteiger partial charge in [0.15, 0.2) is 0 Å². The van der Waals surface area contributed by atoms with Gasteiger partial charge in [-0.2, -0.15) is 0 Å². The van der Waals surface area contributed by atoms with E-state index in [0.29, 0.717) is 18.9 Å². The Hall–Kier alpha value is -0.770. The van der Waals surface area contributed by atoms with Gasteiger partial charge in [0.2, 0.25) is 0 Å². The van der Waals surface area contributed by atoms with Crippen LogP contribution in [0.3, 0.4) is 0 Å². The molecule has 0 bridgehead atoms. The summed E-state index contributed by atoms with van der Waals surface area (Å²) in [6.07, 6.45) is 5.06. The second kappa shape index (κ2) is 5.86. The Kier molecular flexibility index (Phi) is 4.73. The average molecular weight is 201 g/mol. The molecule has 1 saturated carbocycles. The van der Waals surface area contributed by atoms with E-state index < -0.39 is 6.09 Å². The van der Waals surface area contributed by atoms with Crippen LogP contribution in [-0.4, -0.2) is 29.0 Å². The standard InChI is InChI=1S/C10H19NO3/c12-9(6-7-11-10(13)14)8-4-2-1-3-5-8/h8-9,11-12H,1-7H2,(H,13,14). The smallest absolute Gasteiger partial charge is 0.404 e. The minimum absolute atomic E-state index is 0.331. The monoisotopic (exact) mass is 201 g/mol. The van der Waals surface area contributed by atoms with E-state index in [1.54, 1.807) is 0 Å². The summed E-state index contributed by atoms with van der Waals surface area (Å²) in [6.45, 7) is 0.354. The number of hydrogen-bond acceptors (Lipinski definition) is 2. The third kappa shape index (κ3) is 3.96. The molecular weight excluding hydrogens is 182 g/mol. The van der Waals surface area contributed by atoms with Crippen LogP contribution in [-0.2, 0) is 0 Å². The van der Waals surface area contributed by atoms with Gasteiger partial charge in [0.25, 0.3) is 0 Å². The molecule has 1 aliphatic carbocycles. The van der Waals surface area contributed by atoms with E-state index in [0.717, 1.165) is 12.8 Å². The molecule has 0 aliphatic heterocycles. The van der Waals surface area contributed by atoms with E-state index >= 15 is 0 Å². The van der Waals surface area contributed by atoms with Crippen molar-refractivity contribution in [2.45, 2.75) is 44.6 Å². The first-order valence-electron chi connectivity index (χ1n) is 5.35. The van der Waals surface area contributed by atoms with Crippen molar-refractivity contribution >= 4 is 6.09 Å². The Morgan fingerprint density at radius 3 is 2.57 bits per heavy atom. The number of carbonyl (C=O) groups is 1. The normalized spacial score (nSPS) is 20.4. The van der Waals surface area contributed by atoms with E-state index in [2.05, 4.69) is 5.32 Å². The molecule has 0 radical (unpaired) electrons. The van der Waals surface area contributed by atoms with E-state index in [-0.39, 0.29) is 6.10 Å². The number of carboxylic acid groups (broad SMARTS) is 1. The summed E-state index contributed by atoms with van der Waals surface area (Å²) >= 11 is 0. The van der Waals surface area contributed by atoms with Crippen molar-refractivity contribution in [3.63, 3.8) is 0 Å². The predicted octanol–water partition coefficient (Wildman–Crippen LogP) is 1.59. The Labute approximate surface area is 84.3 Å². The SMILES string of the molecule is O=C(O)NCCC(O)C1CCCCC1. The van der Waals surface area contributed by atoms with Gasteiger partial charge in [-0.25, -0.2) is 4.79 Å². The summed E-state index contributed by atoms with van der Waals surface area (Å²) in [4.78, 5) is 10.2. The van der Waals surface area contributed by atoms with Crippen LogP contribution in [0.4, 0.5) is 4.79 Å². The maximum atomic E-state index is 10.2. The molecule has 0 aromatic rings. The van der Waals surface area contributed by atoms with Gasteiger partial charge in [-0.3, -0.25) is 0 Å². The van der Waals surface area contributed by atoms with Gasteiger partial charge in [0, 0.05) is 6.54 Å². The van der Waals surface area contributed by atoms with Crippen LogP contribution >= 0.6 is 0 Å². The molecule has 1 fully saturated rings. The van der Waals surface area contributed by atoms with Crippen molar-refractivity contribution in [1.29, 1.82) is 0 Å². The second-order valence-corrected chi connectivity index (χ2v) is 3.99. The van der Waals surface area contributed by atoms with Crippen molar-refractivity contribution < 1.29 is 15.0 Å². The number of aliphatic hydroxyl groups excluding tert-OH is 1. The summed E-state index contributed by atoms with van der Waals surface area (Å²) in [6, 6.07) is 0. The van der Waals surface area contributed by atoms with Crippen molar-refractivity contribution in [1.82, 2.24) is 5.32 Å². The van der Waals surface area contributed by atoms with Gasteiger partial charge in [0.1, 0.15) is 0 Å². The lowest BCUT2D eigenvalue weighted by atomic mass is 9.84. The molecule has 1 atom stereocenters. The molecule has 14 heavy (non-hydrogen) atoms. The van der Waals surface area contributed by atoms with Crippen molar-refractivity contribution in [2.24, 2.45) is 5.92 Å². The number of nitrogens with one attached hydrogen (secondary N) is 1. The fourth-order valence-electron chi connectivity index (χ4n) is 2.08. The highest BCUT2D eigenvalue weighted by atomic mass is 16.4. The lowest BCUT2D eigenvalue weighted by Crippen LogP contribution is -2.29. The van der Waals surface area contributed by atoms with E-state index in [4.69, 9.17) is 5.11 Å². The Bertz CT molecular complexity index is 178. The van der Waals surface area contributed by atoms with Crippen LogP contribution in [0, 0.1) is 5.92 Å². The molecule has 0 saturated heterocycles. The van der Waals surface area contributed by atoms with Gasteiger partial charge < -0.3 is 15.5 Å². The molecule has 0 aromatic carbocycles. The minimum atomic E-state index is -1.01. The van der Waals surface area contributed by atoms with Crippen LogP contribution in [0.15, 0.2) is 0 Å². The minimum Gasteiger partial charge on any atom is -0.465 e. The van der Waals surface area contributed by atoms with E-state index in [9.17, 15) is 9.90 Å². The molecule has 4 heteroatoms. The maximum absolute atomic E-state index is 10.2. The topological polar surface area (TPSA) is 69.6 Å². The highest BCUT2D eigenvalue weighted by Crippen LogP contribution is 2.27. The largest absolute Gasteiger partial charge is 0.465 e. The predicted molar refractivity (Wildman–Crippen MR) is 53.2 cm³/mol. The zero-order chi connectivity index (χ0) is 10.4. The quantitative estimate of drug-likeness (QED) is 0.647. The van der Waals surface area contributed by atoms with Gasteiger partial charge in [-0.05, 0) is 25.2 Å². The summed E-state index contributed by atoms with van der Waals surface area (Å²) in [5.41, 5.74) is 0. The summed E-state index contributed by atoms with van der Waals surface area (Å²) in [5, 5.41) is 20.4. The molecule has 1 unspecified atom stereocenters. The molecule has 0 spiro atoms. The third-order valence-electron chi connectivity index (χ3n) is 2.91. The van der Waals surface area contributed by atoms with Gasteiger partial charge in [-0.1, -0.05) is 19.3 Å². The summed E-state index contributed by atoms with van der Waals surface area (Å²) in [5.74, 6) is 0.388. The lowest BCUT2D eigenvalue weighted by Gasteiger charge is -2.26. The summed E-state index contributed by atoms with van der Waals surface area (Å²) in [7, 11) is 0. The molecular formula is C10H19NO3. The molecule has 1 aliphatic rings. The van der Waals surface area contributed by atoms with Crippen LogP contribution in [0.1, 0.15) is 38.5 Å². The third-order valence-corrected chi connectivity index (χ3v) is 2.91. The zero-order valence-corrected chi connectivity index (χ0v) is 8.41. The van der Waals surface area contributed by atoms with Gasteiger partial charge in [-0.15, -0.1) is 0 Å². The van der Waals surface area contributed by atoms with Crippen LogP contribution < -0.4 is 5.32 Å². The zero-order valence-electron chi connectivity index (χ0n) is 8.41. The van der Waals surface area contributed by atoms with Gasteiger partial charge >= 0.3 is 6.09 Å². The van der Waals surface area contributed by atoms with E-state index in [1.807, 2.05) is 0 Å². The second-order valence-electron chi connectivity index (χ2n) is 3.99. The average Bonchev–Trinajstić information content (AvgIpc) is 2.18. The van der Waals surface area contributed by atoms with Crippen LogP contribution in [0.25, 0.3) is 0 Å². The fraction of sp³-hybridized carbons (Fsp3) is 0.900. The number of hydrogen-bond donors (Lipinski definition) is 3. The molecule has 0 heterocycles. The lowest BCUT2D eigenvalue weighted by molar-refractivity contribution is 0.0773. The Morgan fingerprint density at radius 1 is 1.36 bits per heavy atom. The fourth-order valence-corrected chi connectivity index (χ4v) is 2.08. The summed E-state index contributed by atoms with van der Waals surface area (Å²) < 4.78 is 0. The molecule has 3 N–H and O–H groups in total. The van der Waals surface area contributed by atoms with Crippen molar-refractivity contribution in [3.8, 4) is 0 Å². The number of amides is 1. The molecule has 82 valence electrons. The first kappa shape index (κ1) is 11.3. The molecule has 1 rings (SSSR count). The number of aliphatic hydroxyl groups is 1. The first-order chi connectivity index (χ1) is 6.70. The molecule has 1 amide bonds. The Balaban J connectivity index is 2.13. The van der Waals surface area contributed by atoms with Crippen LogP contribution in [0.5, 0.6) is 0 Å².